The van der Waals surface area contributed by atoms with E-state index in [2.05, 4.69) is 17.1 Å². The van der Waals surface area contributed by atoms with Crippen molar-refractivity contribution in [1.29, 1.82) is 0 Å². The van der Waals surface area contributed by atoms with E-state index in [0.717, 1.165) is 12.0 Å². The molecular weight excluding hydrogens is 208 g/mol. The van der Waals surface area contributed by atoms with Gasteiger partial charge in [-0.25, -0.2) is 0 Å². The fourth-order valence-corrected chi connectivity index (χ4v) is 3.71. The van der Waals surface area contributed by atoms with Crippen LogP contribution in [0.5, 0.6) is 0 Å². The molecule has 2 aliphatic rings. The zero-order chi connectivity index (χ0) is 11.9. The summed E-state index contributed by atoms with van der Waals surface area (Å²) in [6.45, 7) is 7.34. The van der Waals surface area contributed by atoms with Gasteiger partial charge in [-0.15, -0.1) is 0 Å². The van der Waals surface area contributed by atoms with E-state index < -0.39 is 0 Å². The Morgan fingerprint density at radius 1 is 1.06 bits per heavy atom. The van der Waals surface area contributed by atoms with Crippen LogP contribution < -0.4 is 5.32 Å². The highest BCUT2D eigenvalue weighted by molar-refractivity contribution is 4.87. The minimum atomic E-state index is 0.948. The van der Waals surface area contributed by atoms with Gasteiger partial charge in [0, 0.05) is 6.04 Å². The van der Waals surface area contributed by atoms with Gasteiger partial charge in [-0.2, -0.15) is 0 Å². The summed E-state index contributed by atoms with van der Waals surface area (Å²) >= 11 is 0. The van der Waals surface area contributed by atoms with Gasteiger partial charge in [0.05, 0.1) is 0 Å². The maximum atomic E-state index is 3.52. The van der Waals surface area contributed by atoms with Gasteiger partial charge in [0.2, 0.25) is 0 Å². The Morgan fingerprint density at radius 2 is 1.88 bits per heavy atom. The summed E-state index contributed by atoms with van der Waals surface area (Å²) in [4.78, 5) is 2.81. The number of nitrogens with one attached hydrogen (secondary N) is 1. The summed E-state index contributed by atoms with van der Waals surface area (Å²) in [7, 11) is 0. The molecule has 1 saturated heterocycles. The standard InChI is InChI=1S/C15H30N2/c1-2-10-16-11-6-13-17-12-5-8-14-7-3-4-9-15(14)17/h14-16H,2-13H2,1H3. The number of piperidine rings is 1. The highest BCUT2D eigenvalue weighted by Crippen LogP contribution is 2.35. The predicted octanol–water partition coefficient (Wildman–Crippen LogP) is 3.03. The smallest absolute Gasteiger partial charge is 0.0123 e. The molecular formula is C15H30N2. The van der Waals surface area contributed by atoms with Crippen LogP contribution in [0.1, 0.15) is 58.3 Å². The molecule has 2 atom stereocenters. The van der Waals surface area contributed by atoms with Crippen molar-refractivity contribution in [3.8, 4) is 0 Å². The van der Waals surface area contributed by atoms with Crippen molar-refractivity contribution in [2.75, 3.05) is 26.2 Å². The van der Waals surface area contributed by atoms with Gasteiger partial charge in [-0.05, 0) is 70.6 Å². The van der Waals surface area contributed by atoms with Crippen molar-refractivity contribution >= 4 is 0 Å². The Hall–Kier alpha value is -0.0800. The second-order valence-electron chi connectivity index (χ2n) is 5.89. The first-order valence-corrected chi connectivity index (χ1v) is 7.86. The van der Waals surface area contributed by atoms with Gasteiger partial charge in [-0.3, -0.25) is 0 Å². The zero-order valence-electron chi connectivity index (χ0n) is 11.6. The van der Waals surface area contributed by atoms with Crippen molar-refractivity contribution < 1.29 is 0 Å². The number of hydrogen-bond donors (Lipinski definition) is 1. The van der Waals surface area contributed by atoms with Crippen molar-refractivity contribution in [1.82, 2.24) is 10.2 Å². The molecule has 2 unspecified atom stereocenters. The van der Waals surface area contributed by atoms with Crippen molar-refractivity contribution in [3.05, 3.63) is 0 Å². The summed E-state index contributed by atoms with van der Waals surface area (Å²) in [6.07, 6.45) is 11.5. The number of nitrogens with zero attached hydrogens (tertiary/aromatic N) is 1. The first-order chi connectivity index (χ1) is 8.42. The molecule has 0 bridgehead atoms. The number of rotatable bonds is 6. The molecule has 1 aliphatic carbocycles. The van der Waals surface area contributed by atoms with Crippen molar-refractivity contribution in [3.63, 3.8) is 0 Å². The Morgan fingerprint density at radius 3 is 2.76 bits per heavy atom. The summed E-state index contributed by atoms with van der Waals surface area (Å²) in [5.41, 5.74) is 0. The van der Waals surface area contributed by atoms with Gasteiger partial charge in [0.15, 0.2) is 0 Å². The molecule has 0 aromatic heterocycles. The molecule has 0 aromatic carbocycles. The zero-order valence-corrected chi connectivity index (χ0v) is 11.6. The maximum Gasteiger partial charge on any atom is 0.0123 e. The van der Waals surface area contributed by atoms with Gasteiger partial charge in [-0.1, -0.05) is 19.8 Å². The normalized spacial score (nSPS) is 30.2. The molecule has 0 aromatic rings. The molecule has 1 heterocycles. The SMILES string of the molecule is CCCNCCCN1CCCC2CCCCC21. The number of likely N-dealkylation sites (tertiary alicyclic amines) is 1. The van der Waals surface area contributed by atoms with Crippen LogP contribution in [-0.4, -0.2) is 37.1 Å². The summed E-state index contributed by atoms with van der Waals surface area (Å²) < 4.78 is 0. The number of hydrogen-bond acceptors (Lipinski definition) is 2. The van der Waals surface area contributed by atoms with E-state index in [0.29, 0.717) is 0 Å². The minimum absolute atomic E-state index is 0.948. The molecule has 1 saturated carbocycles. The molecule has 0 spiro atoms. The lowest BCUT2D eigenvalue weighted by Crippen LogP contribution is -2.47. The average Bonchev–Trinajstić information content (AvgIpc) is 2.39. The quantitative estimate of drug-likeness (QED) is 0.716. The lowest BCUT2D eigenvalue weighted by Gasteiger charge is -2.44. The summed E-state index contributed by atoms with van der Waals surface area (Å²) in [5, 5.41) is 3.52. The fourth-order valence-electron chi connectivity index (χ4n) is 3.71. The van der Waals surface area contributed by atoms with Crippen LogP contribution in [0.25, 0.3) is 0 Å². The molecule has 0 radical (unpaired) electrons. The van der Waals surface area contributed by atoms with E-state index in [9.17, 15) is 0 Å². The maximum absolute atomic E-state index is 3.52. The largest absolute Gasteiger partial charge is 0.317 e. The van der Waals surface area contributed by atoms with Gasteiger partial charge < -0.3 is 10.2 Å². The van der Waals surface area contributed by atoms with E-state index in [1.807, 2.05) is 0 Å². The molecule has 2 rings (SSSR count). The predicted molar refractivity (Wildman–Crippen MR) is 74.3 cm³/mol. The summed E-state index contributed by atoms with van der Waals surface area (Å²) in [6, 6.07) is 0.948. The Kier molecular flexibility index (Phi) is 5.79. The molecule has 2 nitrogen and oxygen atoms in total. The Labute approximate surface area is 107 Å². The molecule has 1 aliphatic heterocycles. The van der Waals surface area contributed by atoms with Crippen LogP contribution in [0, 0.1) is 5.92 Å². The van der Waals surface area contributed by atoms with Crippen LogP contribution in [-0.2, 0) is 0 Å². The molecule has 0 amide bonds. The summed E-state index contributed by atoms with van der Waals surface area (Å²) in [5.74, 6) is 1.04. The molecule has 2 fully saturated rings. The van der Waals surface area contributed by atoms with E-state index in [1.54, 1.807) is 0 Å². The third kappa shape index (κ3) is 3.96. The van der Waals surface area contributed by atoms with Crippen LogP contribution in [0.2, 0.25) is 0 Å². The van der Waals surface area contributed by atoms with Crippen LogP contribution in [0.4, 0.5) is 0 Å². The fraction of sp³-hybridized carbons (Fsp3) is 1.00. The second-order valence-corrected chi connectivity index (χ2v) is 5.89. The molecule has 1 N–H and O–H groups in total. The van der Waals surface area contributed by atoms with Crippen LogP contribution in [0.15, 0.2) is 0 Å². The van der Waals surface area contributed by atoms with E-state index in [4.69, 9.17) is 0 Å². The van der Waals surface area contributed by atoms with Gasteiger partial charge >= 0.3 is 0 Å². The second kappa shape index (κ2) is 7.38. The third-order valence-corrected chi connectivity index (χ3v) is 4.58. The first kappa shape index (κ1) is 13.4. The highest BCUT2D eigenvalue weighted by Gasteiger charge is 2.32. The molecule has 17 heavy (non-hydrogen) atoms. The monoisotopic (exact) mass is 238 g/mol. The third-order valence-electron chi connectivity index (χ3n) is 4.58. The van der Waals surface area contributed by atoms with Gasteiger partial charge in [0.25, 0.3) is 0 Å². The van der Waals surface area contributed by atoms with Gasteiger partial charge in [0.1, 0.15) is 0 Å². The Balaban J connectivity index is 1.67. The minimum Gasteiger partial charge on any atom is -0.317 e. The highest BCUT2D eigenvalue weighted by atomic mass is 15.2. The van der Waals surface area contributed by atoms with E-state index in [1.165, 1.54) is 77.5 Å². The lowest BCUT2D eigenvalue weighted by atomic mass is 9.78. The van der Waals surface area contributed by atoms with Crippen LogP contribution >= 0.6 is 0 Å². The average molecular weight is 238 g/mol. The van der Waals surface area contributed by atoms with E-state index in [-0.39, 0.29) is 0 Å². The molecule has 2 heteroatoms. The Bertz CT molecular complexity index is 203. The van der Waals surface area contributed by atoms with Crippen LogP contribution in [0.3, 0.4) is 0 Å². The topological polar surface area (TPSA) is 15.3 Å². The lowest BCUT2D eigenvalue weighted by molar-refractivity contribution is 0.0602. The van der Waals surface area contributed by atoms with Crippen molar-refractivity contribution in [2.24, 2.45) is 5.92 Å². The van der Waals surface area contributed by atoms with Crippen molar-refractivity contribution in [2.45, 2.75) is 64.3 Å². The molecule has 100 valence electrons. The number of fused-ring (bicyclic) bond motifs is 1. The van der Waals surface area contributed by atoms with E-state index >= 15 is 0 Å². The first-order valence-electron chi connectivity index (χ1n) is 7.86.